The molecule has 0 N–H and O–H groups in total. The second kappa shape index (κ2) is 9.11. The first-order valence-electron chi connectivity index (χ1n) is 13.0. The Bertz CT molecular complexity index is 1150. The summed E-state index contributed by atoms with van der Waals surface area (Å²) in [6.07, 6.45) is 5.03. The Hall–Kier alpha value is -2.62. The number of fused-ring (bicyclic) bond motifs is 1. The van der Waals surface area contributed by atoms with Crippen molar-refractivity contribution in [3.05, 3.63) is 57.6 Å². The van der Waals surface area contributed by atoms with Crippen LogP contribution in [0.2, 0.25) is 0 Å². The minimum absolute atomic E-state index is 0.0803. The molecule has 1 aliphatic heterocycles. The van der Waals surface area contributed by atoms with Gasteiger partial charge in [-0.25, -0.2) is 0 Å². The maximum Gasteiger partial charge on any atom is 0.323 e. The number of rotatable bonds is 3. The normalized spacial score (nSPS) is 18.9. The Labute approximate surface area is 210 Å². The van der Waals surface area contributed by atoms with Gasteiger partial charge < -0.3 is 9.47 Å². The van der Waals surface area contributed by atoms with Gasteiger partial charge in [0.25, 0.3) is 0 Å². The highest BCUT2D eigenvalue weighted by Crippen LogP contribution is 2.49. The van der Waals surface area contributed by atoms with E-state index in [9.17, 15) is 9.59 Å². The molecule has 2 aromatic rings. The van der Waals surface area contributed by atoms with E-state index in [1.165, 1.54) is 6.42 Å². The van der Waals surface area contributed by atoms with Gasteiger partial charge in [-0.05, 0) is 37.5 Å². The van der Waals surface area contributed by atoms with Gasteiger partial charge in [0, 0.05) is 22.3 Å². The zero-order valence-electron chi connectivity index (χ0n) is 22.6. The molecule has 1 heterocycles. The third-order valence-corrected chi connectivity index (χ3v) is 7.34. The van der Waals surface area contributed by atoms with E-state index >= 15 is 0 Å². The standard InChI is InChI=1S/C31H40O4/c1-18-14-21(25-22-15-19(2)17-24(31(6,7)8)27(22)35-29(25)33)26(23(16-18)30(3,4)5)34-28(32)20-12-10-9-11-13-20/h14-17,20,25H,9-13H2,1-8H3. The predicted molar refractivity (Wildman–Crippen MR) is 139 cm³/mol. The molecule has 4 heteroatoms. The summed E-state index contributed by atoms with van der Waals surface area (Å²) in [5, 5.41) is 0. The Kier molecular flexibility index (Phi) is 6.63. The number of carbonyl (C=O) groups excluding carboxylic acids is 2. The molecule has 2 aliphatic rings. The fourth-order valence-corrected chi connectivity index (χ4v) is 5.48. The van der Waals surface area contributed by atoms with Crippen LogP contribution in [0.15, 0.2) is 24.3 Å². The van der Waals surface area contributed by atoms with Crippen molar-refractivity contribution in [2.75, 3.05) is 0 Å². The molecule has 1 atom stereocenters. The molecule has 4 rings (SSSR count). The first-order valence-corrected chi connectivity index (χ1v) is 13.0. The summed E-state index contributed by atoms with van der Waals surface area (Å²) >= 11 is 0. The van der Waals surface area contributed by atoms with Crippen molar-refractivity contribution in [3.63, 3.8) is 0 Å². The van der Waals surface area contributed by atoms with E-state index < -0.39 is 5.92 Å². The summed E-state index contributed by atoms with van der Waals surface area (Å²) in [5.74, 6) is 0.00114. The SMILES string of the molecule is Cc1cc(C2C(=O)Oc3c2cc(C)cc3C(C)(C)C)c(OC(=O)C2CCCCC2)c(C(C)(C)C)c1. The summed E-state index contributed by atoms with van der Waals surface area (Å²) in [6.45, 7) is 16.8. The Morgan fingerprint density at radius 2 is 1.37 bits per heavy atom. The molecule has 0 saturated heterocycles. The monoisotopic (exact) mass is 476 g/mol. The quantitative estimate of drug-likeness (QED) is 0.341. The van der Waals surface area contributed by atoms with Crippen LogP contribution in [0.1, 0.15) is 113 Å². The average molecular weight is 477 g/mol. The fraction of sp³-hybridized carbons (Fsp3) is 0.548. The van der Waals surface area contributed by atoms with Crippen LogP contribution < -0.4 is 9.47 Å². The molecule has 0 amide bonds. The van der Waals surface area contributed by atoms with Crippen LogP contribution in [0.25, 0.3) is 0 Å². The van der Waals surface area contributed by atoms with Crippen LogP contribution in [0.5, 0.6) is 11.5 Å². The summed E-state index contributed by atoms with van der Waals surface area (Å²) in [4.78, 5) is 26.8. The molecule has 0 spiro atoms. The van der Waals surface area contributed by atoms with Gasteiger partial charge in [-0.2, -0.15) is 0 Å². The largest absolute Gasteiger partial charge is 0.426 e. The van der Waals surface area contributed by atoms with Crippen molar-refractivity contribution >= 4 is 11.9 Å². The Morgan fingerprint density at radius 1 is 0.829 bits per heavy atom. The molecule has 0 radical (unpaired) electrons. The summed E-state index contributed by atoms with van der Waals surface area (Å²) in [6, 6.07) is 8.24. The molecule has 35 heavy (non-hydrogen) atoms. The third-order valence-electron chi connectivity index (χ3n) is 7.34. The third kappa shape index (κ3) is 5.03. The second-order valence-corrected chi connectivity index (χ2v) is 12.6. The highest BCUT2D eigenvalue weighted by molar-refractivity contribution is 5.92. The first kappa shape index (κ1) is 25.5. The summed E-state index contributed by atoms with van der Waals surface area (Å²) in [5.41, 5.74) is 5.24. The molecule has 1 fully saturated rings. The topological polar surface area (TPSA) is 52.6 Å². The van der Waals surface area contributed by atoms with Crippen molar-refractivity contribution in [1.29, 1.82) is 0 Å². The smallest absolute Gasteiger partial charge is 0.323 e. The molecular formula is C31H40O4. The van der Waals surface area contributed by atoms with E-state index in [4.69, 9.17) is 9.47 Å². The van der Waals surface area contributed by atoms with Crippen molar-refractivity contribution in [1.82, 2.24) is 0 Å². The van der Waals surface area contributed by atoms with E-state index in [2.05, 4.69) is 60.6 Å². The lowest BCUT2D eigenvalue weighted by Crippen LogP contribution is -2.26. The summed E-state index contributed by atoms with van der Waals surface area (Å²) < 4.78 is 12.2. The van der Waals surface area contributed by atoms with E-state index in [0.717, 1.165) is 59.1 Å². The predicted octanol–water partition coefficient (Wildman–Crippen LogP) is 7.44. The van der Waals surface area contributed by atoms with Gasteiger partial charge >= 0.3 is 11.9 Å². The first-order chi connectivity index (χ1) is 16.3. The maximum atomic E-state index is 13.5. The van der Waals surface area contributed by atoms with Crippen molar-refractivity contribution in [2.24, 2.45) is 5.92 Å². The van der Waals surface area contributed by atoms with Crippen LogP contribution in [0.4, 0.5) is 0 Å². The summed E-state index contributed by atoms with van der Waals surface area (Å²) in [7, 11) is 0. The number of ether oxygens (including phenoxy) is 2. The molecule has 188 valence electrons. The number of hydrogen-bond donors (Lipinski definition) is 0. The molecule has 0 aromatic heterocycles. The van der Waals surface area contributed by atoms with Crippen LogP contribution in [0.3, 0.4) is 0 Å². The minimum atomic E-state index is -0.624. The molecule has 2 aromatic carbocycles. The van der Waals surface area contributed by atoms with Crippen molar-refractivity contribution < 1.29 is 19.1 Å². The number of carbonyl (C=O) groups is 2. The van der Waals surface area contributed by atoms with E-state index in [1.807, 2.05) is 19.1 Å². The van der Waals surface area contributed by atoms with Crippen LogP contribution in [-0.2, 0) is 20.4 Å². The number of esters is 2. The molecule has 4 nitrogen and oxygen atoms in total. The zero-order chi connectivity index (χ0) is 25.7. The Morgan fingerprint density at radius 3 is 1.94 bits per heavy atom. The van der Waals surface area contributed by atoms with Gasteiger partial charge in [0.2, 0.25) is 0 Å². The lowest BCUT2D eigenvalue weighted by atomic mass is 9.79. The number of aryl methyl sites for hydroxylation is 2. The molecule has 1 aliphatic carbocycles. The fourth-order valence-electron chi connectivity index (χ4n) is 5.48. The van der Waals surface area contributed by atoms with E-state index in [1.54, 1.807) is 0 Å². The van der Waals surface area contributed by atoms with Crippen LogP contribution in [-0.4, -0.2) is 11.9 Å². The number of hydrogen-bond acceptors (Lipinski definition) is 4. The minimum Gasteiger partial charge on any atom is -0.426 e. The van der Waals surface area contributed by atoms with Crippen molar-refractivity contribution in [2.45, 2.75) is 104 Å². The van der Waals surface area contributed by atoms with E-state index in [0.29, 0.717) is 11.5 Å². The second-order valence-electron chi connectivity index (χ2n) is 12.6. The van der Waals surface area contributed by atoms with Gasteiger partial charge in [-0.1, -0.05) is 96.2 Å². The lowest BCUT2D eigenvalue weighted by molar-refractivity contribution is -0.140. The van der Waals surface area contributed by atoms with Gasteiger partial charge in [-0.15, -0.1) is 0 Å². The van der Waals surface area contributed by atoms with Crippen molar-refractivity contribution in [3.8, 4) is 11.5 Å². The number of benzene rings is 2. The molecule has 1 saturated carbocycles. The van der Waals surface area contributed by atoms with Crippen LogP contribution in [0, 0.1) is 19.8 Å². The Balaban J connectivity index is 1.90. The zero-order valence-corrected chi connectivity index (χ0v) is 22.6. The highest BCUT2D eigenvalue weighted by atomic mass is 16.5. The van der Waals surface area contributed by atoms with Gasteiger partial charge in [0.1, 0.15) is 17.4 Å². The lowest BCUT2D eigenvalue weighted by Gasteiger charge is -2.28. The highest BCUT2D eigenvalue weighted by Gasteiger charge is 2.41. The maximum absolute atomic E-state index is 13.5. The van der Waals surface area contributed by atoms with Gasteiger partial charge in [-0.3, -0.25) is 9.59 Å². The molecule has 1 unspecified atom stereocenters. The van der Waals surface area contributed by atoms with Gasteiger partial charge in [0.15, 0.2) is 0 Å². The van der Waals surface area contributed by atoms with Crippen LogP contribution >= 0.6 is 0 Å². The molecule has 0 bridgehead atoms. The van der Waals surface area contributed by atoms with Gasteiger partial charge in [0.05, 0.1) is 5.92 Å². The average Bonchev–Trinajstić information content (AvgIpc) is 3.08. The van der Waals surface area contributed by atoms with E-state index in [-0.39, 0.29) is 28.7 Å². The molecular weight excluding hydrogens is 436 g/mol.